The van der Waals surface area contributed by atoms with Gasteiger partial charge in [-0.25, -0.2) is 8.78 Å². The Labute approximate surface area is 111 Å². The van der Waals surface area contributed by atoms with E-state index < -0.39 is 11.6 Å². The number of nitrogens with one attached hydrogen (secondary N) is 1. The van der Waals surface area contributed by atoms with Crippen molar-refractivity contribution in [1.82, 2.24) is 4.90 Å². The molecular weight excluding hydrogens is 248 g/mol. The van der Waals surface area contributed by atoms with Gasteiger partial charge < -0.3 is 5.32 Å². The molecule has 1 saturated heterocycles. The fourth-order valence-corrected chi connectivity index (χ4v) is 2.37. The highest BCUT2D eigenvalue weighted by Gasteiger charge is 2.19. The number of halogens is 2. The van der Waals surface area contributed by atoms with Gasteiger partial charge in [0.05, 0.1) is 11.6 Å². The van der Waals surface area contributed by atoms with Gasteiger partial charge in [-0.05, 0) is 45.0 Å². The van der Waals surface area contributed by atoms with Crippen molar-refractivity contribution in [2.24, 2.45) is 0 Å². The van der Waals surface area contributed by atoms with Crippen molar-refractivity contribution in [2.75, 3.05) is 25.0 Å². The molecule has 0 aromatic heterocycles. The number of hydrogen-bond donors (Lipinski definition) is 1. The molecule has 0 amide bonds. The van der Waals surface area contributed by atoms with Crippen molar-refractivity contribution in [3.63, 3.8) is 0 Å². The number of nitriles is 1. The minimum atomic E-state index is -0.717. The molecule has 0 spiro atoms. The van der Waals surface area contributed by atoms with Gasteiger partial charge in [0.15, 0.2) is 11.6 Å². The van der Waals surface area contributed by atoms with Crippen LogP contribution in [-0.2, 0) is 0 Å². The SMILES string of the molecule is CC(CNc1c(F)cc(C#N)cc1F)N1CCCC1. The van der Waals surface area contributed by atoms with Crippen LogP contribution < -0.4 is 5.32 Å². The number of rotatable bonds is 4. The second-order valence-corrected chi connectivity index (χ2v) is 4.90. The maximum absolute atomic E-state index is 13.7. The molecule has 1 aromatic carbocycles. The molecule has 1 N–H and O–H groups in total. The van der Waals surface area contributed by atoms with Crippen LogP contribution in [-0.4, -0.2) is 30.6 Å². The van der Waals surface area contributed by atoms with E-state index in [2.05, 4.69) is 10.2 Å². The summed E-state index contributed by atoms with van der Waals surface area (Å²) < 4.78 is 27.3. The molecule has 102 valence electrons. The summed E-state index contributed by atoms with van der Waals surface area (Å²) in [6.07, 6.45) is 2.37. The van der Waals surface area contributed by atoms with Crippen LogP contribution in [0.25, 0.3) is 0 Å². The van der Waals surface area contributed by atoms with E-state index in [1.165, 1.54) is 12.8 Å². The summed E-state index contributed by atoms with van der Waals surface area (Å²) in [4.78, 5) is 2.30. The van der Waals surface area contributed by atoms with Crippen LogP contribution in [0.1, 0.15) is 25.3 Å². The molecule has 1 fully saturated rings. The van der Waals surface area contributed by atoms with Gasteiger partial charge in [-0.1, -0.05) is 0 Å². The van der Waals surface area contributed by atoms with Crippen LogP contribution in [0, 0.1) is 23.0 Å². The molecule has 1 heterocycles. The lowest BCUT2D eigenvalue weighted by Gasteiger charge is -2.24. The molecule has 3 nitrogen and oxygen atoms in total. The van der Waals surface area contributed by atoms with E-state index in [4.69, 9.17) is 5.26 Å². The highest BCUT2D eigenvalue weighted by atomic mass is 19.1. The highest BCUT2D eigenvalue weighted by Crippen LogP contribution is 2.21. The molecule has 1 atom stereocenters. The third-order valence-corrected chi connectivity index (χ3v) is 3.51. The first-order chi connectivity index (χ1) is 9.11. The fourth-order valence-electron chi connectivity index (χ4n) is 2.37. The van der Waals surface area contributed by atoms with Crippen LogP contribution in [0.5, 0.6) is 0 Å². The van der Waals surface area contributed by atoms with Crippen LogP contribution in [0.4, 0.5) is 14.5 Å². The van der Waals surface area contributed by atoms with E-state index >= 15 is 0 Å². The van der Waals surface area contributed by atoms with Crippen molar-refractivity contribution < 1.29 is 8.78 Å². The second kappa shape index (κ2) is 5.98. The first kappa shape index (κ1) is 13.8. The summed E-state index contributed by atoms with van der Waals surface area (Å²) in [5, 5.41) is 11.4. The van der Waals surface area contributed by atoms with Gasteiger partial charge in [-0.15, -0.1) is 0 Å². The molecule has 1 aromatic rings. The lowest BCUT2D eigenvalue weighted by atomic mass is 10.2. The zero-order valence-corrected chi connectivity index (χ0v) is 10.9. The molecule has 1 aliphatic heterocycles. The number of likely N-dealkylation sites (tertiary alicyclic amines) is 1. The maximum Gasteiger partial charge on any atom is 0.150 e. The van der Waals surface area contributed by atoms with Crippen LogP contribution in [0.3, 0.4) is 0 Å². The maximum atomic E-state index is 13.7. The van der Waals surface area contributed by atoms with Gasteiger partial charge >= 0.3 is 0 Å². The summed E-state index contributed by atoms with van der Waals surface area (Å²) in [6.45, 7) is 4.61. The fraction of sp³-hybridized carbons (Fsp3) is 0.500. The molecule has 0 saturated carbocycles. The predicted octanol–water partition coefficient (Wildman–Crippen LogP) is 2.73. The Kier molecular flexibility index (Phi) is 4.33. The summed E-state index contributed by atoms with van der Waals surface area (Å²) in [7, 11) is 0. The van der Waals surface area contributed by atoms with Gasteiger partial charge in [0.25, 0.3) is 0 Å². The van der Waals surface area contributed by atoms with Crippen molar-refractivity contribution >= 4 is 5.69 Å². The Morgan fingerprint density at radius 3 is 2.42 bits per heavy atom. The minimum Gasteiger partial charge on any atom is -0.379 e. The van der Waals surface area contributed by atoms with E-state index in [0.717, 1.165) is 25.2 Å². The monoisotopic (exact) mass is 265 g/mol. The summed E-state index contributed by atoms with van der Waals surface area (Å²) in [6, 6.07) is 4.06. The normalized spacial score (nSPS) is 17.2. The largest absolute Gasteiger partial charge is 0.379 e. The van der Waals surface area contributed by atoms with E-state index in [0.29, 0.717) is 6.54 Å². The Balaban J connectivity index is 2.01. The van der Waals surface area contributed by atoms with Crippen LogP contribution in [0.2, 0.25) is 0 Å². The molecule has 0 bridgehead atoms. The second-order valence-electron chi connectivity index (χ2n) is 4.90. The molecule has 5 heteroatoms. The standard InChI is InChI=1S/C14H17F2N3/c1-10(19-4-2-3-5-19)9-18-14-12(15)6-11(8-17)7-13(14)16/h6-7,10,18H,2-5,9H2,1H3. The molecular formula is C14H17F2N3. The number of benzene rings is 1. The smallest absolute Gasteiger partial charge is 0.150 e. The lowest BCUT2D eigenvalue weighted by molar-refractivity contribution is 0.269. The number of anilines is 1. The van der Waals surface area contributed by atoms with Crippen LogP contribution >= 0.6 is 0 Å². The summed E-state index contributed by atoms with van der Waals surface area (Å²) in [5.41, 5.74) is -0.154. The molecule has 1 aliphatic rings. The molecule has 1 unspecified atom stereocenters. The van der Waals surface area contributed by atoms with Crippen molar-refractivity contribution in [2.45, 2.75) is 25.8 Å². The third-order valence-electron chi connectivity index (χ3n) is 3.51. The topological polar surface area (TPSA) is 39.1 Å². The Bertz CT molecular complexity index is 467. The Morgan fingerprint density at radius 2 is 1.89 bits per heavy atom. The zero-order valence-electron chi connectivity index (χ0n) is 10.9. The summed E-state index contributed by atoms with van der Waals surface area (Å²) in [5.74, 6) is -1.43. The predicted molar refractivity (Wildman–Crippen MR) is 69.8 cm³/mol. The van der Waals surface area contributed by atoms with Gasteiger partial charge in [-0.3, -0.25) is 4.90 Å². The van der Waals surface area contributed by atoms with Crippen LogP contribution in [0.15, 0.2) is 12.1 Å². The Hall–Kier alpha value is -1.67. The molecule has 19 heavy (non-hydrogen) atoms. The van der Waals surface area contributed by atoms with Gasteiger partial charge in [0, 0.05) is 12.6 Å². The number of hydrogen-bond acceptors (Lipinski definition) is 3. The van der Waals surface area contributed by atoms with E-state index in [1.807, 2.05) is 6.92 Å². The zero-order chi connectivity index (χ0) is 13.8. The van der Waals surface area contributed by atoms with Gasteiger partial charge in [0.1, 0.15) is 5.69 Å². The van der Waals surface area contributed by atoms with Crippen molar-refractivity contribution in [3.8, 4) is 6.07 Å². The number of nitrogens with zero attached hydrogens (tertiary/aromatic N) is 2. The minimum absolute atomic E-state index is 0.00635. The van der Waals surface area contributed by atoms with E-state index in [9.17, 15) is 8.78 Å². The lowest BCUT2D eigenvalue weighted by Crippen LogP contribution is -2.35. The third kappa shape index (κ3) is 3.21. The van der Waals surface area contributed by atoms with Gasteiger partial charge in [0.2, 0.25) is 0 Å². The Morgan fingerprint density at radius 1 is 1.32 bits per heavy atom. The highest BCUT2D eigenvalue weighted by molar-refractivity contribution is 5.50. The molecule has 0 radical (unpaired) electrons. The van der Waals surface area contributed by atoms with E-state index in [1.54, 1.807) is 6.07 Å². The first-order valence-electron chi connectivity index (χ1n) is 6.49. The molecule has 0 aliphatic carbocycles. The van der Waals surface area contributed by atoms with Crippen molar-refractivity contribution in [3.05, 3.63) is 29.3 Å². The quantitative estimate of drug-likeness (QED) is 0.909. The average Bonchev–Trinajstić information content (AvgIpc) is 2.91. The van der Waals surface area contributed by atoms with Gasteiger partial charge in [-0.2, -0.15) is 5.26 Å². The summed E-state index contributed by atoms with van der Waals surface area (Å²) >= 11 is 0. The first-order valence-corrected chi connectivity index (χ1v) is 6.49. The molecule has 2 rings (SSSR count). The van der Waals surface area contributed by atoms with E-state index in [-0.39, 0.29) is 17.3 Å². The van der Waals surface area contributed by atoms with Crippen molar-refractivity contribution in [1.29, 1.82) is 5.26 Å². The average molecular weight is 265 g/mol.